The van der Waals surface area contributed by atoms with Crippen molar-refractivity contribution < 1.29 is 9.66 Å². The third-order valence-corrected chi connectivity index (χ3v) is 2.58. The number of nitro benzene ring substituents is 1. The summed E-state index contributed by atoms with van der Waals surface area (Å²) < 4.78 is 5.56. The van der Waals surface area contributed by atoms with E-state index in [4.69, 9.17) is 4.74 Å². The molecule has 0 saturated heterocycles. The Labute approximate surface area is 107 Å². The Balaban J connectivity index is 2.65. The molecule has 1 atom stereocenters. The van der Waals surface area contributed by atoms with E-state index >= 15 is 0 Å². The second kappa shape index (κ2) is 6.96. The third-order valence-electron chi connectivity index (χ3n) is 2.58. The van der Waals surface area contributed by atoms with Crippen molar-refractivity contribution >= 4 is 5.69 Å². The number of hydrogen-bond donors (Lipinski definition) is 1. The molecule has 1 aromatic rings. The summed E-state index contributed by atoms with van der Waals surface area (Å²) in [5.41, 5.74) is 0.978. The van der Waals surface area contributed by atoms with Crippen LogP contribution >= 0.6 is 0 Å². The highest BCUT2D eigenvalue weighted by atomic mass is 16.6. The highest BCUT2D eigenvalue weighted by Crippen LogP contribution is 2.27. The lowest BCUT2D eigenvalue weighted by molar-refractivity contribution is -0.385. The summed E-state index contributed by atoms with van der Waals surface area (Å²) in [5.74, 6) is 0.661. The lowest BCUT2D eigenvalue weighted by Crippen LogP contribution is -2.24. The van der Waals surface area contributed by atoms with Gasteiger partial charge in [0.25, 0.3) is 0 Å². The van der Waals surface area contributed by atoms with Crippen LogP contribution in [0, 0.1) is 23.0 Å². The molecule has 0 bridgehead atoms. The standard InChI is InChI=1S/C13H20N2O3/c1-4-14-8-11(3)9-18-13-7-10(2)5-6-12(13)15(16)17/h5-7,11,14H,4,8-9H2,1-3H3. The summed E-state index contributed by atoms with van der Waals surface area (Å²) >= 11 is 0. The van der Waals surface area contributed by atoms with Crippen LogP contribution in [0.15, 0.2) is 18.2 Å². The van der Waals surface area contributed by atoms with Crippen molar-refractivity contribution in [2.24, 2.45) is 5.92 Å². The summed E-state index contributed by atoms with van der Waals surface area (Å²) in [6, 6.07) is 4.91. The van der Waals surface area contributed by atoms with E-state index in [0.717, 1.165) is 18.7 Å². The van der Waals surface area contributed by atoms with Crippen LogP contribution in [-0.2, 0) is 0 Å². The van der Waals surface area contributed by atoms with Gasteiger partial charge in [-0.2, -0.15) is 0 Å². The van der Waals surface area contributed by atoms with E-state index in [1.807, 2.05) is 20.8 Å². The highest BCUT2D eigenvalue weighted by Gasteiger charge is 2.15. The maximum atomic E-state index is 10.9. The fraction of sp³-hybridized carbons (Fsp3) is 0.538. The van der Waals surface area contributed by atoms with Crippen molar-refractivity contribution in [2.75, 3.05) is 19.7 Å². The fourth-order valence-electron chi connectivity index (χ4n) is 1.57. The molecule has 1 aromatic carbocycles. The smallest absolute Gasteiger partial charge is 0.310 e. The Kier molecular flexibility index (Phi) is 5.58. The molecule has 0 spiro atoms. The Morgan fingerprint density at radius 3 is 2.83 bits per heavy atom. The molecule has 0 heterocycles. The van der Waals surface area contributed by atoms with Crippen LogP contribution in [0.1, 0.15) is 19.4 Å². The zero-order chi connectivity index (χ0) is 13.5. The number of rotatable bonds is 7. The predicted molar refractivity (Wildman–Crippen MR) is 71.0 cm³/mol. The van der Waals surface area contributed by atoms with E-state index < -0.39 is 4.92 Å². The summed E-state index contributed by atoms with van der Waals surface area (Å²) in [5, 5.41) is 14.1. The minimum Gasteiger partial charge on any atom is -0.486 e. The lowest BCUT2D eigenvalue weighted by Gasteiger charge is -2.13. The van der Waals surface area contributed by atoms with Crippen LogP contribution in [0.25, 0.3) is 0 Å². The normalized spacial score (nSPS) is 12.2. The van der Waals surface area contributed by atoms with Crippen LogP contribution in [0.3, 0.4) is 0 Å². The Bertz CT molecular complexity index is 407. The van der Waals surface area contributed by atoms with Gasteiger partial charge in [0.15, 0.2) is 5.75 Å². The van der Waals surface area contributed by atoms with Crippen molar-refractivity contribution in [3.63, 3.8) is 0 Å². The van der Waals surface area contributed by atoms with Gasteiger partial charge in [-0.3, -0.25) is 10.1 Å². The van der Waals surface area contributed by atoms with Gasteiger partial charge in [-0.15, -0.1) is 0 Å². The van der Waals surface area contributed by atoms with Gasteiger partial charge in [-0.1, -0.05) is 19.9 Å². The fourth-order valence-corrected chi connectivity index (χ4v) is 1.57. The quantitative estimate of drug-likeness (QED) is 0.598. The summed E-state index contributed by atoms with van der Waals surface area (Å²) in [6.45, 7) is 8.20. The number of nitrogens with one attached hydrogen (secondary N) is 1. The molecule has 1 rings (SSSR count). The zero-order valence-corrected chi connectivity index (χ0v) is 11.1. The average molecular weight is 252 g/mol. The van der Waals surface area contributed by atoms with Gasteiger partial charge >= 0.3 is 5.69 Å². The van der Waals surface area contributed by atoms with Crippen molar-refractivity contribution in [3.05, 3.63) is 33.9 Å². The Morgan fingerprint density at radius 2 is 2.22 bits per heavy atom. The van der Waals surface area contributed by atoms with Crippen LogP contribution in [0.5, 0.6) is 5.75 Å². The van der Waals surface area contributed by atoms with Crippen molar-refractivity contribution in [1.29, 1.82) is 0 Å². The predicted octanol–water partition coefficient (Wildman–Crippen LogP) is 2.53. The van der Waals surface area contributed by atoms with Crippen LogP contribution in [-0.4, -0.2) is 24.6 Å². The van der Waals surface area contributed by atoms with Gasteiger partial charge in [0.1, 0.15) is 0 Å². The van der Waals surface area contributed by atoms with Crippen molar-refractivity contribution in [1.82, 2.24) is 5.32 Å². The van der Waals surface area contributed by atoms with E-state index in [0.29, 0.717) is 18.3 Å². The molecule has 5 heteroatoms. The number of hydrogen-bond acceptors (Lipinski definition) is 4. The van der Waals surface area contributed by atoms with Gasteiger partial charge in [-0.25, -0.2) is 0 Å². The van der Waals surface area contributed by atoms with Crippen molar-refractivity contribution in [3.8, 4) is 5.75 Å². The SMILES string of the molecule is CCNCC(C)COc1cc(C)ccc1[N+](=O)[O-]. The van der Waals surface area contributed by atoms with E-state index in [1.165, 1.54) is 6.07 Å². The van der Waals surface area contributed by atoms with E-state index in [1.54, 1.807) is 12.1 Å². The molecular formula is C13H20N2O3. The molecule has 0 saturated carbocycles. The lowest BCUT2D eigenvalue weighted by atomic mass is 10.2. The van der Waals surface area contributed by atoms with E-state index in [9.17, 15) is 10.1 Å². The number of ether oxygens (including phenoxy) is 1. The largest absolute Gasteiger partial charge is 0.486 e. The molecule has 1 unspecified atom stereocenters. The zero-order valence-electron chi connectivity index (χ0n) is 11.1. The minimum absolute atomic E-state index is 0.0243. The minimum atomic E-state index is -0.413. The van der Waals surface area contributed by atoms with Gasteiger partial charge in [0, 0.05) is 18.5 Å². The molecule has 0 aromatic heterocycles. The van der Waals surface area contributed by atoms with Crippen LogP contribution < -0.4 is 10.1 Å². The second-order valence-electron chi connectivity index (χ2n) is 4.45. The molecule has 0 fully saturated rings. The molecule has 0 aliphatic heterocycles. The molecule has 0 amide bonds. The number of nitrogens with zero attached hydrogens (tertiary/aromatic N) is 1. The van der Waals surface area contributed by atoms with Gasteiger partial charge in [-0.05, 0) is 25.1 Å². The molecule has 0 aliphatic carbocycles. The molecule has 0 radical (unpaired) electrons. The Hall–Kier alpha value is -1.62. The van der Waals surface area contributed by atoms with Crippen LogP contribution in [0.2, 0.25) is 0 Å². The summed E-state index contributed by atoms with van der Waals surface area (Å²) in [7, 11) is 0. The topological polar surface area (TPSA) is 64.4 Å². The molecule has 18 heavy (non-hydrogen) atoms. The Morgan fingerprint density at radius 1 is 1.50 bits per heavy atom. The first-order valence-electron chi connectivity index (χ1n) is 6.13. The van der Waals surface area contributed by atoms with Crippen molar-refractivity contribution in [2.45, 2.75) is 20.8 Å². The first-order valence-corrected chi connectivity index (χ1v) is 6.13. The maximum Gasteiger partial charge on any atom is 0.310 e. The maximum absolute atomic E-state index is 10.9. The highest BCUT2D eigenvalue weighted by molar-refractivity contribution is 5.48. The number of aryl methyl sites for hydroxylation is 1. The number of benzene rings is 1. The molecule has 0 aliphatic rings. The van der Waals surface area contributed by atoms with Gasteiger partial charge in [0.05, 0.1) is 11.5 Å². The summed E-state index contributed by atoms with van der Waals surface area (Å²) in [6.07, 6.45) is 0. The molecular weight excluding hydrogens is 232 g/mol. The first kappa shape index (κ1) is 14.4. The van der Waals surface area contributed by atoms with Crippen LogP contribution in [0.4, 0.5) is 5.69 Å². The average Bonchev–Trinajstić information content (AvgIpc) is 2.33. The van der Waals surface area contributed by atoms with E-state index in [2.05, 4.69) is 5.32 Å². The first-order chi connectivity index (χ1) is 8.54. The van der Waals surface area contributed by atoms with E-state index in [-0.39, 0.29) is 5.69 Å². The molecule has 100 valence electrons. The van der Waals surface area contributed by atoms with Gasteiger partial charge in [0.2, 0.25) is 0 Å². The molecule has 1 N–H and O–H groups in total. The van der Waals surface area contributed by atoms with Gasteiger partial charge < -0.3 is 10.1 Å². The third kappa shape index (κ3) is 4.33. The number of nitro groups is 1. The second-order valence-corrected chi connectivity index (χ2v) is 4.45. The molecule has 5 nitrogen and oxygen atoms in total. The monoisotopic (exact) mass is 252 g/mol. The summed E-state index contributed by atoms with van der Waals surface area (Å²) in [4.78, 5) is 10.5.